The van der Waals surface area contributed by atoms with Gasteiger partial charge in [0.15, 0.2) is 5.69 Å². The van der Waals surface area contributed by atoms with E-state index in [-0.39, 0.29) is 11.6 Å². The van der Waals surface area contributed by atoms with Gasteiger partial charge in [0, 0.05) is 12.1 Å². The Bertz CT molecular complexity index is 297. The average molecular weight is 166 g/mol. The molecule has 1 aromatic heterocycles. The minimum Gasteiger partial charge on any atom is -0.477 e. The molecule has 1 rings (SSSR count). The zero-order chi connectivity index (χ0) is 9.14. The third-order valence-electron chi connectivity index (χ3n) is 1.41. The first-order chi connectivity index (χ1) is 5.61. The minimum atomic E-state index is -1.01. The summed E-state index contributed by atoms with van der Waals surface area (Å²) in [5.74, 6) is -0.293. The lowest BCUT2D eigenvalue weighted by molar-refractivity contribution is 0.0690. The van der Waals surface area contributed by atoms with Gasteiger partial charge in [-0.05, 0) is 6.07 Å². The molecule has 4 nitrogen and oxygen atoms in total. The Morgan fingerprint density at radius 1 is 1.58 bits per heavy atom. The maximum Gasteiger partial charge on any atom is 0.354 e. The van der Waals surface area contributed by atoms with Crippen molar-refractivity contribution in [1.82, 2.24) is 9.97 Å². The average Bonchev–Trinajstić information content (AvgIpc) is 2.04. The highest BCUT2D eigenvalue weighted by Crippen LogP contribution is 2.07. The molecule has 0 aliphatic rings. The smallest absolute Gasteiger partial charge is 0.354 e. The van der Waals surface area contributed by atoms with Crippen molar-refractivity contribution in [2.45, 2.75) is 19.8 Å². The van der Waals surface area contributed by atoms with Gasteiger partial charge in [-0.3, -0.25) is 0 Å². The van der Waals surface area contributed by atoms with E-state index >= 15 is 0 Å². The van der Waals surface area contributed by atoms with Crippen molar-refractivity contribution in [2.24, 2.45) is 0 Å². The fraction of sp³-hybridized carbons (Fsp3) is 0.375. The zero-order valence-corrected chi connectivity index (χ0v) is 6.98. The van der Waals surface area contributed by atoms with E-state index in [9.17, 15) is 4.79 Å². The van der Waals surface area contributed by atoms with Gasteiger partial charge in [-0.25, -0.2) is 14.8 Å². The molecule has 0 aliphatic heterocycles. The maximum atomic E-state index is 10.5. The molecular weight excluding hydrogens is 156 g/mol. The lowest BCUT2D eigenvalue weighted by Gasteiger charge is -2.02. The van der Waals surface area contributed by atoms with Crippen molar-refractivity contribution < 1.29 is 9.90 Å². The molecule has 0 bridgehead atoms. The monoisotopic (exact) mass is 166 g/mol. The van der Waals surface area contributed by atoms with Crippen LogP contribution in [0, 0.1) is 0 Å². The zero-order valence-electron chi connectivity index (χ0n) is 6.98. The first-order valence-electron chi connectivity index (χ1n) is 3.67. The third kappa shape index (κ3) is 1.78. The second kappa shape index (κ2) is 3.30. The number of hydrogen-bond donors (Lipinski definition) is 1. The summed E-state index contributed by atoms with van der Waals surface area (Å²) in [4.78, 5) is 18.3. The molecule has 0 fully saturated rings. The van der Waals surface area contributed by atoms with Crippen LogP contribution in [-0.2, 0) is 0 Å². The first kappa shape index (κ1) is 8.64. The van der Waals surface area contributed by atoms with Crippen LogP contribution in [0.4, 0.5) is 0 Å². The standard InChI is InChI=1S/C8H10N2O2/c1-5(2)7-9-4-3-6(10-7)8(11)12/h3-5H,1-2H3,(H,11,12). The molecule has 1 N–H and O–H groups in total. The molecule has 1 heterocycles. The SMILES string of the molecule is CC(C)c1nccc(C(=O)O)n1. The van der Waals surface area contributed by atoms with Crippen LogP contribution in [0.1, 0.15) is 36.1 Å². The summed E-state index contributed by atoms with van der Waals surface area (Å²) in [6.07, 6.45) is 1.46. The number of nitrogens with zero attached hydrogens (tertiary/aromatic N) is 2. The molecule has 0 aliphatic carbocycles. The van der Waals surface area contributed by atoms with Crippen molar-refractivity contribution in [2.75, 3.05) is 0 Å². The van der Waals surface area contributed by atoms with Gasteiger partial charge in [0.05, 0.1) is 0 Å². The Morgan fingerprint density at radius 2 is 2.25 bits per heavy atom. The van der Waals surface area contributed by atoms with Crippen LogP contribution >= 0.6 is 0 Å². The molecule has 0 radical (unpaired) electrons. The summed E-state index contributed by atoms with van der Waals surface area (Å²) in [5, 5.41) is 8.60. The van der Waals surface area contributed by atoms with Gasteiger partial charge in [-0.1, -0.05) is 13.8 Å². The van der Waals surface area contributed by atoms with Crippen molar-refractivity contribution >= 4 is 5.97 Å². The summed E-state index contributed by atoms with van der Waals surface area (Å²) in [7, 11) is 0. The van der Waals surface area contributed by atoms with E-state index in [1.54, 1.807) is 0 Å². The van der Waals surface area contributed by atoms with Crippen LogP contribution < -0.4 is 0 Å². The van der Waals surface area contributed by atoms with Crippen LogP contribution in [0.5, 0.6) is 0 Å². The van der Waals surface area contributed by atoms with E-state index in [2.05, 4.69) is 9.97 Å². The second-order valence-corrected chi connectivity index (χ2v) is 2.76. The molecule has 0 atom stereocenters. The fourth-order valence-electron chi connectivity index (χ4n) is 0.771. The van der Waals surface area contributed by atoms with Gasteiger partial charge in [-0.2, -0.15) is 0 Å². The normalized spacial score (nSPS) is 10.2. The fourth-order valence-corrected chi connectivity index (χ4v) is 0.771. The molecule has 0 saturated carbocycles. The van der Waals surface area contributed by atoms with Gasteiger partial charge >= 0.3 is 5.97 Å². The summed E-state index contributed by atoms with van der Waals surface area (Å²) in [5.41, 5.74) is 0.0497. The number of carboxylic acids is 1. The van der Waals surface area contributed by atoms with E-state index < -0.39 is 5.97 Å². The summed E-state index contributed by atoms with van der Waals surface area (Å²) in [6, 6.07) is 1.38. The highest BCUT2D eigenvalue weighted by molar-refractivity contribution is 5.85. The van der Waals surface area contributed by atoms with Crippen LogP contribution in [0.15, 0.2) is 12.3 Å². The van der Waals surface area contributed by atoms with E-state index in [1.165, 1.54) is 12.3 Å². The molecule has 1 aromatic rings. The van der Waals surface area contributed by atoms with Crippen LogP contribution in [0.2, 0.25) is 0 Å². The molecule has 64 valence electrons. The van der Waals surface area contributed by atoms with Crippen molar-refractivity contribution in [1.29, 1.82) is 0 Å². The molecule has 0 saturated heterocycles. The topological polar surface area (TPSA) is 63.1 Å². The highest BCUT2D eigenvalue weighted by Gasteiger charge is 2.07. The number of carbonyl (C=O) groups is 1. The summed E-state index contributed by atoms with van der Waals surface area (Å²) in [6.45, 7) is 3.84. The molecular formula is C8H10N2O2. The Morgan fingerprint density at radius 3 is 2.75 bits per heavy atom. The maximum absolute atomic E-state index is 10.5. The summed E-state index contributed by atoms with van der Waals surface area (Å²) < 4.78 is 0. The van der Waals surface area contributed by atoms with Crippen LogP contribution in [0.25, 0.3) is 0 Å². The Balaban J connectivity index is 3.04. The predicted molar refractivity (Wildman–Crippen MR) is 43.1 cm³/mol. The van der Waals surface area contributed by atoms with Crippen molar-refractivity contribution in [3.8, 4) is 0 Å². The number of aromatic carboxylic acids is 1. The number of rotatable bonds is 2. The Kier molecular flexibility index (Phi) is 2.38. The lowest BCUT2D eigenvalue weighted by atomic mass is 10.2. The summed E-state index contributed by atoms with van der Waals surface area (Å²) >= 11 is 0. The second-order valence-electron chi connectivity index (χ2n) is 2.76. The number of aromatic nitrogens is 2. The lowest BCUT2D eigenvalue weighted by Crippen LogP contribution is -2.05. The number of hydrogen-bond acceptors (Lipinski definition) is 3. The minimum absolute atomic E-state index is 0.0497. The highest BCUT2D eigenvalue weighted by atomic mass is 16.4. The van der Waals surface area contributed by atoms with E-state index in [4.69, 9.17) is 5.11 Å². The quantitative estimate of drug-likeness (QED) is 0.719. The van der Waals surface area contributed by atoms with Crippen LogP contribution in [-0.4, -0.2) is 21.0 Å². The molecule has 0 amide bonds. The molecule has 0 aromatic carbocycles. The van der Waals surface area contributed by atoms with E-state index in [0.29, 0.717) is 5.82 Å². The Hall–Kier alpha value is -1.45. The largest absolute Gasteiger partial charge is 0.477 e. The van der Waals surface area contributed by atoms with Gasteiger partial charge in [0.25, 0.3) is 0 Å². The van der Waals surface area contributed by atoms with Gasteiger partial charge < -0.3 is 5.11 Å². The van der Waals surface area contributed by atoms with Gasteiger partial charge in [0.1, 0.15) is 5.82 Å². The molecule has 0 unspecified atom stereocenters. The van der Waals surface area contributed by atoms with Crippen molar-refractivity contribution in [3.63, 3.8) is 0 Å². The van der Waals surface area contributed by atoms with Crippen LogP contribution in [0.3, 0.4) is 0 Å². The van der Waals surface area contributed by atoms with Crippen molar-refractivity contribution in [3.05, 3.63) is 23.8 Å². The Labute approximate surface area is 70.3 Å². The van der Waals surface area contributed by atoms with Gasteiger partial charge in [0.2, 0.25) is 0 Å². The molecule has 0 spiro atoms. The van der Waals surface area contributed by atoms with E-state index in [0.717, 1.165) is 0 Å². The molecule has 4 heteroatoms. The third-order valence-corrected chi connectivity index (χ3v) is 1.41. The van der Waals surface area contributed by atoms with Gasteiger partial charge in [-0.15, -0.1) is 0 Å². The molecule has 12 heavy (non-hydrogen) atoms. The number of carboxylic acid groups (broad SMARTS) is 1. The van der Waals surface area contributed by atoms with E-state index in [1.807, 2.05) is 13.8 Å². The predicted octanol–water partition coefficient (Wildman–Crippen LogP) is 1.30. The first-order valence-corrected chi connectivity index (χ1v) is 3.67.